The maximum absolute atomic E-state index is 14.0. The summed E-state index contributed by atoms with van der Waals surface area (Å²) in [6.45, 7) is 2.28. The first kappa shape index (κ1) is 22.1. The van der Waals surface area contributed by atoms with Crippen LogP contribution in [-0.2, 0) is 13.2 Å². The zero-order valence-corrected chi connectivity index (χ0v) is 19.3. The fourth-order valence-electron chi connectivity index (χ4n) is 3.01. The van der Waals surface area contributed by atoms with Crippen molar-refractivity contribution in [2.45, 2.75) is 20.1 Å². The van der Waals surface area contributed by atoms with E-state index in [1.165, 1.54) is 16.8 Å². The molecule has 0 spiro atoms. The predicted molar refractivity (Wildman–Crippen MR) is 123 cm³/mol. The molecular weight excluding hydrogens is 501 g/mol. The number of hydrogen-bond donors (Lipinski definition) is 1. The number of carbonyl (C=O) groups is 1. The molecule has 2 aromatic carbocycles. The van der Waals surface area contributed by atoms with Crippen molar-refractivity contribution in [2.24, 2.45) is 0 Å². The van der Waals surface area contributed by atoms with Crippen LogP contribution in [0.4, 0.5) is 10.2 Å². The summed E-state index contributed by atoms with van der Waals surface area (Å²) in [4.78, 5) is 12.6. The van der Waals surface area contributed by atoms with Gasteiger partial charge in [-0.1, -0.05) is 29.8 Å². The van der Waals surface area contributed by atoms with Gasteiger partial charge in [-0.25, -0.2) is 4.39 Å². The van der Waals surface area contributed by atoms with Gasteiger partial charge in [-0.05, 0) is 64.8 Å². The number of carbonyl (C=O) groups excluding carboxylic acids is 1. The maximum Gasteiger partial charge on any atom is 0.292 e. The molecule has 4 rings (SSSR count). The molecule has 2 aromatic heterocycles. The molecule has 32 heavy (non-hydrogen) atoms. The third-order valence-electron chi connectivity index (χ3n) is 4.59. The second-order valence-corrected chi connectivity index (χ2v) is 8.31. The van der Waals surface area contributed by atoms with E-state index in [9.17, 15) is 9.18 Å². The summed E-state index contributed by atoms with van der Waals surface area (Å²) in [5, 5.41) is 7.27. The van der Waals surface area contributed by atoms with Crippen molar-refractivity contribution in [1.82, 2.24) is 9.78 Å². The van der Waals surface area contributed by atoms with Gasteiger partial charge in [0.15, 0.2) is 11.6 Å². The van der Waals surface area contributed by atoms with Crippen LogP contribution in [0.5, 0.6) is 5.75 Å². The molecule has 0 aliphatic carbocycles. The topological polar surface area (TPSA) is 69.3 Å². The number of ether oxygens (including phenoxy) is 1. The van der Waals surface area contributed by atoms with Crippen molar-refractivity contribution in [2.75, 3.05) is 5.32 Å². The zero-order chi connectivity index (χ0) is 22.7. The molecule has 1 N–H and O–H groups in total. The van der Waals surface area contributed by atoms with Crippen molar-refractivity contribution >= 4 is 39.3 Å². The molecule has 0 atom stereocenters. The van der Waals surface area contributed by atoms with E-state index in [0.717, 1.165) is 11.3 Å². The minimum atomic E-state index is -0.471. The number of nitrogens with one attached hydrogen (secondary N) is 1. The highest BCUT2D eigenvalue weighted by molar-refractivity contribution is 9.10. The molecule has 6 nitrogen and oxygen atoms in total. The average molecular weight is 519 g/mol. The third kappa shape index (κ3) is 5.20. The molecule has 2 heterocycles. The van der Waals surface area contributed by atoms with E-state index >= 15 is 0 Å². The number of benzene rings is 2. The molecular formula is C23H18BrClFN3O3. The molecule has 0 aliphatic rings. The highest BCUT2D eigenvalue weighted by Crippen LogP contribution is 2.25. The van der Waals surface area contributed by atoms with E-state index in [0.29, 0.717) is 20.8 Å². The summed E-state index contributed by atoms with van der Waals surface area (Å²) in [5.74, 6) is 0.725. The number of hydrogen-bond acceptors (Lipinski definition) is 4. The molecule has 0 saturated carbocycles. The van der Waals surface area contributed by atoms with E-state index in [1.807, 2.05) is 31.2 Å². The predicted octanol–water partition coefficient (Wildman–Crippen LogP) is 6.22. The Morgan fingerprint density at radius 3 is 2.84 bits per heavy atom. The van der Waals surface area contributed by atoms with Gasteiger partial charge in [0.2, 0.25) is 0 Å². The van der Waals surface area contributed by atoms with Gasteiger partial charge < -0.3 is 14.5 Å². The summed E-state index contributed by atoms with van der Waals surface area (Å²) in [6, 6.07) is 15.4. The van der Waals surface area contributed by atoms with Gasteiger partial charge >= 0.3 is 0 Å². The standard InChI is InChI=1S/C23H18BrClFN3O3/c1-14-4-2-5-15(10-14)31-13-16-8-9-21(32-16)23(30)27-22-18(24)12-29(28-22)11-17-19(25)6-3-7-20(17)26/h2-10,12H,11,13H2,1H3,(H,27,28,30). The fourth-order valence-corrected chi connectivity index (χ4v) is 3.65. The molecule has 0 unspecified atom stereocenters. The van der Waals surface area contributed by atoms with Crippen LogP contribution in [0.25, 0.3) is 0 Å². The molecule has 0 radical (unpaired) electrons. The first-order valence-corrected chi connectivity index (χ1v) is 10.8. The quantitative estimate of drug-likeness (QED) is 0.315. The van der Waals surface area contributed by atoms with E-state index in [-0.39, 0.29) is 24.7 Å². The Bertz CT molecular complexity index is 1250. The molecule has 0 saturated heterocycles. The molecule has 164 valence electrons. The van der Waals surface area contributed by atoms with E-state index in [1.54, 1.807) is 24.4 Å². The van der Waals surface area contributed by atoms with Crippen molar-refractivity contribution in [1.29, 1.82) is 0 Å². The van der Waals surface area contributed by atoms with Crippen LogP contribution < -0.4 is 10.1 Å². The van der Waals surface area contributed by atoms with Crippen LogP contribution in [0, 0.1) is 12.7 Å². The Hall–Kier alpha value is -3.10. The van der Waals surface area contributed by atoms with Crippen LogP contribution in [0.1, 0.15) is 27.4 Å². The molecule has 9 heteroatoms. The monoisotopic (exact) mass is 517 g/mol. The molecule has 4 aromatic rings. The molecule has 0 fully saturated rings. The van der Waals surface area contributed by atoms with Gasteiger partial charge in [-0.2, -0.15) is 5.10 Å². The van der Waals surface area contributed by atoms with Crippen LogP contribution >= 0.6 is 27.5 Å². The maximum atomic E-state index is 14.0. The highest BCUT2D eigenvalue weighted by Gasteiger charge is 2.17. The Labute approximate surface area is 197 Å². The number of halogens is 3. The van der Waals surface area contributed by atoms with Crippen molar-refractivity contribution in [3.63, 3.8) is 0 Å². The van der Waals surface area contributed by atoms with Crippen LogP contribution in [0.3, 0.4) is 0 Å². The summed E-state index contributed by atoms with van der Waals surface area (Å²) < 4.78 is 27.3. The Balaban J connectivity index is 1.40. The number of furan rings is 1. The SMILES string of the molecule is Cc1cccc(OCc2ccc(C(=O)Nc3nn(Cc4c(F)cccc4Cl)cc3Br)o2)c1. The van der Waals surface area contributed by atoms with E-state index < -0.39 is 11.7 Å². The van der Waals surface area contributed by atoms with Gasteiger partial charge in [-0.3, -0.25) is 9.48 Å². The number of anilines is 1. The Morgan fingerprint density at radius 1 is 1.25 bits per heavy atom. The van der Waals surface area contributed by atoms with Gasteiger partial charge in [-0.15, -0.1) is 0 Å². The largest absolute Gasteiger partial charge is 0.486 e. The smallest absolute Gasteiger partial charge is 0.292 e. The number of nitrogens with zero attached hydrogens (tertiary/aromatic N) is 2. The molecule has 0 bridgehead atoms. The lowest BCUT2D eigenvalue weighted by Gasteiger charge is -2.06. The number of aryl methyl sites for hydroxylation is 1. The third-order valence-corrected chi connectivity index (χ3v) is 5.52. The Morgan fingerprint density at radius 2 is 2.06 bits per heavy atom. The lowest BCUT2D eigenvalue weighted by molar-refractivity contribution is 0.0992. The second-order valence-electron chi connectivity index (χ2n) is 7.05. The summed E-state index contributed by atoms with van der Waals surface area (Å²) >= 11 is 9.43. The minimum absolute atomic E-state index is 0.112. The number of aromatic nitrogens is 2. The van der Waals surface area contributed by atoms with Crippen molar-refractivity contribution < 1.29 is 18.3 Å². The minimum Gasteiger partial charge on any atom is -0.486 e. The van der Waals surface area contributed by atoms with E-state index in [2.05, 4.69) is 26.3 Å². The average Bonchev–Trinajstić information content (AvgIpc) is 3.36. The van der Waals surface area contributed by atoms with Crippen LogP contribution in [0.2, 0.25) is 5.02 Å². The van der Waals surface area contributed by atoms with Gasteiger partial charge in [0, 0.05) is 16.8 Å². The van der Waals surface area contributed by atoms with Crippen molar-refractivity contribution in [3.8, 4) is 5.75 Å². The van der Waals surface area contributed by atoms with Gasteiger partial charge in [0.1, 0.15) is 23.9 Å². The summed E-state index contributed by atoms with van der Waals surface area (Å²) in [5.41, 5.74) is 1.40. The normalized spacial score (nSPS) is 10.9. The number of amides is 1. The van der Waals surface area contributed by atoms with Gasteiger partial charge in [0.25, 0.3) is 5.91 Å². The van der Waals surface area contributed by atoms with E-state index in [4.69, 9.17) is 20.8 Å². The number of rotatable bonds is 7. The lowest BCUT2D eigenvalue weighted by atomic mass is 10.2. The zero-order valence-electron chi connectivity index (χ0n) is 16.9. The van der Waals surface area contributed by atoms with Crippen LogP contribution in [-0.4, -0.2) is 15.7 Å². The summed E-state index contributed by atoms with van der Waals surface area (Å²) in [7, 11) is 0. The Kier molecular flexibility index (Phi) is 6.62. The second kappa shape index (κ2) is 9.58. The molecule has 1 amide bonds. The van der Waals surface area contributed by atoms with Crippen LogP contribution in [0.15, 0.2) is 69.7 Å². The molecule has 0 aliphatic heterocycles. The first-order chi connectivity index (χ1) is 15.4. The van der Waals surface area contributed by atoms with Crippen molar-refractivity contribution in [3.05, 3.63) is 98.8 Å². The first-order valence-electron chi connectivity index (χ1n) is 9.64. The summed E-state index contributed by atoms with van der Waals surface area (Å²) in [6.07, 6.45) is 1.63. The lowest BCUT2D eigenvalue weighted by Crippen LogP contribution is -2.12. The van der Waals surface area contributed by atoms with Gasteiger partial charge in [0.05, 0.1) is 11.0 Å². The fraction of sp³-hybridized carbons (Fsp3) is 0.130. The highest BCUT2D eigenvalue weighted by atomic mass is 79.9.